The SMILES string of the molecule is CCCNC[C@H]1CN(S(=O)(=O)c2cn(C)cn2)C[C@@H]1c1ccc(F)cc1. The van der Waals surface area contributed by atoms with Crippen molar-refractivity contribution < 1.29 is 12.8 Å². The Kier molecular flexibility index (Phi) is 5.74. The van der Waals surface area contributed by atoms with E-state index in [9.17, 15) is 12.8 Å². The molecule has 2 aromatic rings. The Labute approximate surface area is 154 Å². The highest BCUT2D eigenvalue weighted by Crippen LogP contribution is 2.35. The Morgan fingerprint density at radius 2 is 2.00 bits per heavy atom. The van der Waals surface area contributed by atoms with Gasteiger partial charge in [-0.1, -0.05) is 19.1 Å². The minimum atomic E-state index is -3.63. The molecular weight excluding hydrogens is 355 g/mol. The smallest absolute Gasteiger partial charge is 0.262 e. The fourth-order valence-corrected chi connectivity index (χ4v) is 4.93. The van der Waals surface area contributed by atoms with Crippen LogP contribution in [-0.2, 0) is 17.1 Å². The van der Waals surface area contributed by atoms with E-state index in [1.54, 1.807) is 23.7 Å². The summed E-state index contributed by atoms with van der Waals surface area (Å²) >= 11 is 0. The van der Waals surface area contributed by atoms with Crippen LogP contribution in [0.1, 0.15) is 24.8 Å². The van der Waals surface area contributed by atoms with E-state index >= 15 is 0 Å². The number of imidazole rings is 1. The van der Waals surface area contributed by atoms with Crippen LogP contribution in [0.25, 0.3) is 0 Å². The van der Waals surface area contributed by atoms with Crippen LogP contribution in [0.15, 0.2) is 41.8 Å². The van der Waals surface area contributed by atoms with Gasteiger partial charge in [-0.2, -0.15) is 4.31 Å². The molecule has 2 heterocycles. The highest BCUT2D eigenvalue weighted by Gasteiger charge is 2.40. The molecule has 0 radical (unpaired) electrons. The molecule has 3 rings (SSSR count). The number of nitrogens with zero attached hydrogens (tertiary/aromatic N) is 3. The lowest BCUT2D eigenvalue weighted by Gasteiger charge is -2.19. The second kappa shape index (κ2) is 7.85. The molecule has 1 saturated heterocycles. The Hall–Kier alpha value is -1.77. The number of nitrogens with one attached hydrogen (secondary N) is 1. The molecule has 0 saturated carbocycles. The van der Waals surface area contributed by atoms with Crippen molar-refractivity contribution in [2.75, 3.05) is 26.2 Å². The molecule has 2 atom stereocenters. The van der Waals surface area contributed by atoms with Gasteiger partial charge in [0.2, 0.25) is 0 Å². The first-order valence-corrected chi connectivity index (χ1v) is 10.3. The fraction of sp³-hybridized carbons (Fsp3) is 0.500. The molecule has 26 heavy (non-hydrogen) atoms. The molecule has 1 aromatic heterocycles. The molecule has 1 aromatic carbocycles. The lowest BCUT2D eigenvalue weighted by Crippen LogP contribution is -2.31. The molecule has 0 aliphatic carbocycles. The number of rotatable bonds is 7. The summed E-state index contributed by atoms with van der Waals surface area (Å²) in [6, 6.07) is 6.37. The second-order valence-electron chi connectivity index (χ2n) is 6.82. The van der Waals surface area contributed by atoms with E-state index in [1.165, 1.54) is 29.0 Å². The van der Waals surface area contributed by atoms with Crippen molar-refractivity contribution in [1.29, 1.82) is 0 Å². The Morgan fingerprint density at radius 3 is 2.62 bits per heavy atom. The van der Waals surface area contributed by atoms with Gasteiger partial charge in [0.1, 0.15) is 5.82 Å². The van der Waals surface area contributed by atoms with Gasteiger partial charge >= 0.3 is 0 Å². The van der Waals surface area contributed by atoms with E-state index < -0.39 is 10.0 Å². The van der Waals surface area contributed by atoms with Crippen molar-refractivity contribution in [2.45, 2.75) is 24.3 Å². The van der Waals surface area contributed by atoms with Crippen molar-refractivity contribution in [3.63, 3.8) is 0 Å². The summed E-state index contributed by atoms with van der Waals surface area (Å²) in [6.45, 7) is 4.52. The van der Waals surface area contributed by atoms with Gasteiger partial charge in [0.25, 0.3) is 10.0 Å². The summed E-state index contributed by atoms with van der Waals surface area (Å²) < 4.78 is 42.3. The number of hydrogen-bond donors (Lipinski definition) is 1. The normalized spacial score (nSPS) is 21.3. The first kappa shape index (κ1) is 19.0. The third kappa shape index (κ3) is 3.97. The van der Waals surface area contributed by atoms with Gasteiger partial charge in [0.05, 0.1) is 6.33 Å². The zero-order valence-corrected chi connectivity index (χ0v) is 15.9. The summed E-state index contributed by atoms with van der Waals surface area (Å²) in [7, 11) is -1.89. The number of aromatic nitrogens is 2. The van der Waals surface area contributed by atoms with Crippen molar-refractivity contribution in [2.24, 2.45) is 13.0 Å². The maximum atomic E-state index is 13.3. The minimum Gasteiger partial charge on any atom is -0.339 e. The van der Waals surface area contributed by atoms with E-state index in [0.29, 0.717) is 13.1 Å². The van der Waals surface area contributed by atoms with Crippen LogP contribution in [-0.4, -0.2) is 48.5 Å². The lowest BCUT2D eigenvalue weighted by molar-refractivity contribution is 0.438. The van der Waals surface area contributed by atoms with Gasteiger partial charge in [0.15, 0.2) is 5.03 Å². The predicted molar refractivity (Wildman–Crippen MR) is 97.8 cm³/mol. The lowest BCUT2D eigenvalue weighted by atomic mass is 9.89. The van der Waals surface area contributed by atoms with Gasteiger partial charge < -0.3 is 9.88 Å². The third-order valence-electron chi connectivity index (χ3n) is 4.82. The summed E-state index contributed by atoms with van der Waals surface area (Å²) in [4.78, 5) is 4.01. The number of hydrogen-bond acceptors (Lipinski definition) is 4. The molecule has 1 aliphatic heterocycles. The zero-order chi connectivity index (χ0) is 18.7. The van der Waals surface area contributed by atoms with Crippen molar-refractivity contribution in [1.82, 2.24) is 19.2 Å². The molecule has 1 aliphatic rings. The van der Waals surface area contributed by atoms with Crippen LogP contribution in [0.2, 0.25) is 0 Å². The Bertz CT molecular complexity index is 835. The van der Waals surface area contributed by atoms with Gasteiger partial charge in [0, 0.05) is 32.3 Å². The number of benzene rings is 1. The number of aryl methyl sites for hydroxylation is 1. The highest BCUT2D eigenvalue weighted by atomic mass is 32.2. The summed E-state index contributed by atoms with van der Waals surface area (Å²) in [5.41, 5.74) is 0.966. The molecule has 142 valence electrons. The summed E-state index contributed by atoms with van der Waals surface area (Å²) in [6.07, 6.45) is 4.02. The fourth-order valence-electron chi connectivity index (χ4n) is 3.44. The number of sulfonamides is 1. The quantitative estimate of drug-likeness (QED) is 0.746. The van der Waals surface area contributed by atoms with Crippen LogP contribution in [0, 0.1) is 11.7 Å². The monoisotopic (exact) mass is 380 g/mol. The molecule has 6 nitrogen and oxygen atoms in total. The largest absolute Gasteiger partial charge is 0.339 e. The van der Waals surface area contributed by atoms with E-state index in [0.717, 1.165) is 25.1 Å². The Balaban J connectivity index is 1.84. The average Bonchev–Trinajstić information content (AvgIpc) is 3.23. The molecule has 0 amide bonds. The van der Waals surface area contributed by atoms with E-state index in [-0.39, 0.29) is 22.7 Å². The van der Waals surface area contributed by atoms with Crippen LogP contribution >= 0.6 is 0 Å². The van der Waals surface area contributed by atoms with E-state index in [1.807, 2.05) is 0 Å². The Morgan fingerprint density at radius 1 is 1.27 bits per heavy atom. The summed E-state index contributed by atoms with van der Waals surface area (Å²) in [5.74, 6) is -0.130. The molecule has 1 fully saturated rings. The van der Waals surface area contributed by atoms with Gasteiger partial charge in [-0.3, -0.25) is 0 Å². The maximum Gasteiger partial charge on any atom is 0.262 e. The van der Waals surface area contributed by atoms with Crippen molar-refractivity contribution in [3.8, 4) is 0 Å². The standard InChI is InChI=1S/C18H25FN4O2S/c1-3-8-20-9-15-10-23(26(24,25)18-12-22(2)13-21-18)11-17(15)14-4-6-16(19)7-5-14/h4-7,12-13,15,17,20H,3,8-11H2,1-2H3/t15-,17+/m0/s1. The average molecular weight is 380 g/mol. The predicted octanol–water partition coefficient (Wildman–Crippen LogP) is 1.96. The zero-order valence-electron chi connectivity index (χ0n) is 15.1. The van der Waals surface area contributed by atoms with Crippen LogP contribution in [0.4, 0.5) is 4.39 Å². The first-order valence-electron chi connectivity index (χ1n) is 8.86. The van der Waals surface area contributed by atoms with Crippen molar-refractivity contribution >= 4 is 10.0 Å². The van der Waals surface area contributed by atoms with E-state index in [4.69, 9.17) is 0 Å². The second-order valence-corrected chi connectivity index (χ2v) is 8.71. The summed E-state index contributed by atoms with van der Waals surface area (Å²) in [5, 5.41) is 3.46. The molecule has 0 bridgehead atoms. The molecule has 0 spiro atoms. The van der Waals surface area contributed by atoms with Crippen LogP contribution < -0.4 is 5.32 Å². The van der Waals surface area contributed by atoms with Crippen LogP contribution in [0.3, 0.4) is 0 Å². The maximum absolute atomic E-state index is 13.3. The van der Waals surface area contributed by atoms with E-state index in [2.05, 4.69) is 17.2 Å². The highest BCUT2D eigenvalue weighted by molar-refractivity contribution is 7.89. The van der Waals surface area contributed by atoms with Crippen LogP contribution in [0.5, 0.6) is 0 Å². The van der Waals surface area contributed by atoms with Gasteiger partial charge in [-0.05, 0) is 43.1 Å². The third-order valence-corrected chi connectivity index (χ3v) is 6.54. The number of halogens is 1. The van der Waals surface area contributed by atoms with Gasteiger partial charge in [-0.25, -0.2) is 17.8 Å². The first-order chi connectivity index (χ1) is 12.4. The van der Waals surface area contributed by atoms with Gasteiger partial charge in [-0.15, -0.1) is 0 Å². The molecule has 0 unspecified atom stereocenters. The molecule has 1 N–H and O–H groups in total. The van der Waals surface area contributed by atoms with Crippen molar-refractivity contribution in [3.05, 3.63) is 48.2 Å². The topological polar surface area (TPSA) is 67.2 Å². The molecular formula is C18H25FN4O2S. The molecule has 8 heteroatoms. The minimum absolute atomic E-state index is 0.0263.